The molecule has 0 aliphatic heterocycles. The van der Waals surface area contributed by atoms with Crippen molar-refractivity contribution in [3.63, 3.8) is 0 Å². The second kappa shape index (κ2) is 8.30. The van der Waals surface area contributed by atoms with Crippen LogP contribution < -0.4 is 0 Å². The molecule has 0 aromatic rings. The zero-order valence-electron chi connectivity index (χ0n) is 6.77. The van der Waals surface area contributed by atoms with Gasteiger partial charge in [-0.1, -0.05) is 31.9 Å². The Balaban J connectivity index is 2.98. The third-order valence-electron chi connectivity index (χ3n) is 1.35. The third kappa shape index (κ3) is 7.30. The van der Waals surface area contributed by atoms with Crippen molar-refractivity contribution in [3.05, 3.63) is 12.2 Å². The van der Waals surface area contributed by atoms with Crippen molar-refractivity contribution in [1.82, 2.24) is 0 Å². The summed E-state index contributed by atoms with van der Waals surface area (Å²) in [6.45, 7) is 2.20. The minimum absolute atomic E-state index is 0.878. The number of hydrogen-bond donors (Lipinski definition) is 0. The molecule has 0 unspecified atom stereocenters. The van der Waals surface area contributed by atoms with Crippen molar-refractivity contribution in [1.29, 1.82) is 0 Å². The van der Waals surface area contributed by atoms with E-state index in [0.717, 1.165) is 12.8 Å². The Kier molecular flexibility index (Phi) is 7.72. The van der Waals surface area contributed by atoms with E-state index in [2.05, 4.69) is 25.0 Å². The molecular formula is C10H16. The molecule has 0 bridgehead atoms. The van der Waals surface area contributed by atoms with Crippen LogP contribution in [0.3, 0.4) is 0 Å². The SMILES string of the molecule is C#CCC/C=C/CCCC. The monoisotopic (exact) mass is 136 g/mol. The van der Waals surface area contributed by atoms with Crippen LogP contribution in [0.1, 0.15) is 39.0 Å². The predicted molar refractivity (Wildman–Crippen MR) is 46.7 cm³/mol. The number of terminal acetylenes is 1. The third-order valence-corrected chi connectivity index (χ3v) is 1.35. The average Bonchev–Trinajstić information content (AvgIpc) is 1.97. The molecular weight excluding hydrogens is 120 g/mol. The van der Waals surface area contributed by atoms with Crippen LogP contribution in [-0.4, -0.2) is 0 Å². The molecule has 56 valence electrons. The first-order valence-corrected chi connectivity index (χ1v) is 4.00. The maximum Gasteiger partial charge on any atom is 0.0121 e. The van der Waals surface area contributed by atoms with E-state index >= 15 is 0 Å². The fourth-order valence-corrected chi connectivity index (χ4v) is 0.724. The minimum Gasteiger partial charge on any atom is -0.120 e. The Morgan fingerprint density at radius 3 is 2.60 bits per heavy atom. The lowest BCUT2D eigenvalue weighted by Crippen LogP contribution is -1.67. The topological polar surface area (TPSA) is 0 Å². The lowest BCUT2D eigenvalue weighted by molar-refractivity contribution is 0.812. The van der Waals surface area contributed by atoms with Gasteiger partial charge in [0.2, 0.25) is 0 Å². The van der Waals surface area contributed by atoms with Crippen molar-refractivity contribution in [2.45, 2.75) is 39.0 Å². The number of allylic oxidation sites excluding steroid dienone is 2. The Morgan fingerprint density at radius 2 is 2.00 bits per heavy atom. The van der Waals surface area contributed by atoms with Gasteiger partial charge in [-0.25, -0.2) is 0 Å². The van der Waals surface area contributed by atoms with Crippen LogP contribution in [0.15, 0.2) is 12.2 Å². The summed E-state index contributed by atoms with van der Waals surface area (Å²) in [5, 5.41) is 0. The van der Waals surface area contributed by atoms with E-state index in [4.69, 9.17) is 6.42 Å². The Bertz CT molecular complexity index is 114. The number of hydrogen-bond acceptors (Lipinski definition) is 0. The van der Waals surface area contributed by atoms with E-state index in [1.807, 2.05) is 0 Å². The number of rotatable bonds is 5. The van der Waals surface area contributed by atoms with Crippen LogP contribution in [0.5, 0.6) is 0 Å². The molecule has 0 aromatic heterocycles. The minimum atomic E-state index is 0.878. The highest BCUT2D eigenvalue weighted by Gasteiger charge is 1.77. The Labute approximate surface area is 64.3 Å². The fraction of sp³-hybridized carbons (Fsp3) is 0.600. The first-order valence-electron chi connectivity index (χ1n) is 4.00. The molecule has 0 nitrogen and oxygen atoms in total. The zero-order valence-corrected chi connectivity index (χ0v) is 6.77. The molecule has 0 aliphatic carbocycles. The van der Waals surface area contributed by atoms with Gasteiger partial charge in [-0.05, 0) is 12.8 Å². The van der Waals surface area contributed by atoms with E-state index in [1.54, 1.807) is 0 Å². The van der Waals surface area contributed by atoms with Gasteiger partial charge >= 0.3 is 0 Å². The maximum absolute atomic E-state index is 5.09. The molecule has 0 N–H and O–H groups in total. The summed E-state index contributed by atoms with van der Waals surface area (Å²) in [6, 6.07) is 0. The van der Waals surface area contributed by atoms with Gasteiger partial charge in [0.1, 0.15) is 0 Å². The lowest BCUT2D eigenvalue weighted by Gasteiger charge is -1.87. The number of unbranched alkanes of at least 4 members (excludes halogenated alkanes) is 3. The summed E-state index contributed by atoms with van der Waals surface area (Å²) in [4.78, 5) is 0. The zero-order chi connectivity index (χ0) is 7.66. The van der Waals surface area contributed by atoms with Gasteiger partial charge in [-0.15, -0.1) is 12.3 Å². The van der Waals surface area contributed by atoms with Crippen molar-refractivity contribution >= 4 is 0 Å². The lowest BCUT2D eigenvalue weighted by atomic mass is 10.2. The maximum atomic E-state index is 5.09. The largest absolute Gasteiger partial charge is 0.120 e. The van der Waals surface area contributed by atoms with Crippen LogP contribution in [0.4, 0.5) is 0 Å². The van der Waals surface area contributed by atoms with Crippen LogP contribution in [0.2, 0.25) is 0 Å². The summed E-state index contributed by atoms with van der Waals surface area (Å²) in [7, 11) is 0. The second-order valence-electron chi connectivity index (χ2n) is 2.36. The predicted octanol–water partition coefficient (Wildman–Crippen LogP) is 3.15. The van der Waals surface area contributed by atoms with E-state index in [9.17, 15) is 0 Å². The molecule has 0 atom stereocenters. The van der Waals surface area contributed by atoms with Gasteiger partial charge in [0.05, 0.1) is 0 Å². The Hall–Kier alpha value is -0.700. The highest BCUT2D eigenvalue weighted by molar-refractivity contribution is 4.90. The van der Waals surface area contributed by atoms with Crippen LogP contribution in [0, 0.1) is 12.3 Å². The van der Waals surface area contributed by atoms with Gasteiger partial charge in [0, 0.05) is 6.42 Å². The first-order chi connectivity index (χ1) is 4.91. The summed E-state index contributed by atoms with van der Waals surface area (Å²) < 4.78 is 0. The molecule has 0 rings (SSSR count). The summed E-state index contributed by atoms with van der Waals surface area (Å²) in [5.41, 5.74) is 0. The summed E-state index contributed by atoms with van der Waals surface area (Å²) >= 11 is 0. The smallest absolute Gasteiger partial charge is 0.0121 e. The van der Waals surface area contributed by atoms with E-state index < -0.39 is 0 Å². The van der Waals surface area contributed by atoms with Crippen LogP contribution in [0.25, 0.3) is 0 Å². The molecule has 0 heterocycles. The molecule has 0 saturated heterocycles. The van der Waals surface area contributed by atoms with Crippen molar-refractivity contribution < 1.29 is 0 Å². The van der Waals surface area contributed by atoms with E-state index in [1.165, 1.54) is 19.3 Å². The molecule has 0 spiro atoms. The standard InChI is InChI=1S/C10H16/c1-3-5-7-9-10-8-6-4-2/h1,9-10H,4-8H2,2H3/b10-9+. The molecule has 0 aromatic carbocycles. The molecule has 0 saturated carbocycles. The van der Waals surface area contributed by atoms with Gasteiger partial charge in [-0.3, -0.25) is 0 Å². The molecule has 0 radical (unpaired) electrons. The van der Waals surface area contributed by atoms with Crippen LogP contribution >= 0.6 is 0 Å². The molecule has 0 fully saturated rings. The highest BCUT2D eigenvalue weighted by Crippen LogP contribution is 1.96. The highest BCUT2D eigenvalue weighted by atomic mass is 13.8. The Morgan fingerprint density at radius 1 is 1.30 bits per heavy atom. The molecule has 0 aliphatic rings. The molecule has 0 heteroatoms. The van der Waals surface area contributed by atoms with Crippen molar-refractivity contribution in [2.75, 3.05) is 0 Å². The summed E-state index contributed by atoms with van der Waals surface area (Å²) in [6.07, 6.45) is 15.2. The van der Waals surface area contributed by atoms with Gasteiger partial charge in [0.25, 0.3) is 0 Å². The van der Waals surface area contributed by atoms with E-state index in [-0.39, 0.29) is 0 Å². The van der Waals surface area contributed by atoms with Gasteiger partial charge in [0.15, 0.2) is 0 Å². The van der Waals surface area contributed by atoms with Crippen molar-refractivity contribution in [3.8, 4) is 12.3 Å². The van der Waals surface area contributed by atoms with Crippen LogP contribution in [-0.2, 0) is 0 Å². The second-order valence-corrected chi connectivity index (χ2v) is 2.36. The molecule has 0 amide bonds. The van der Waals surface area contributed by atoms with Crippen molar-refractivity contribution in [2.24, 2.45) is 0 Å². The average molecular weight is 136 g/mol. The fourth-order valence-electron chi connectivity index (χ4n) is 0.724. The van der Waals surface area contributed by atoms with Gasteiger partial charge in [-0.2, -0.15) is 0 Å². The first kappa shape index (κ1) is 9.30. The van der Waals surface area contributed by atoms with Gasteiger partial charge < -0.3 is 0 Å². The normalized spacial score (nSPS) is 10.0. The summed E-state index contributed by atoms with van der Waals surface area (Å²) in [5.74, 6) is 2.61. The quantitative estimate of drug-likeness (QED) is 0.309. The molecule has 10 heavy (non-hydrogen) atoms. The van der Waals surface area contributed by atoms with E-state index in [0.29, 0.717) is 0 Å².